The van der Waals surface area contributed by atoms with Crippen LogP contribution in [0.25, 0.3) is 11.5 Å². The Bertz CT molecular complexity index is 1360. The number of nitrogens with zero attached hydrogens (tertiary/aromatic N) is 6. The van der Waals surface area contributed by atoms with Gasteiger partial charge in [-0.1, -0.05) is 13.0 Å². The lowest BCUT2D eigenvalue weighted by molar-refractivity contribution is -0.116. The Morgan fingerprint density at radius 2 is 1.97 bits per heavy atom. The molecule has 1 aliphatic heterocycles. The van der Waals surface area contributed by atoms with E-state index in [4.69, 9.17) is 14.6 Å². The van der Waals surface area contributed by atoms with E-state index in [-0.39, 0.29) is 11.8 Å². The van der Waals surface area contributed by atoms with Gasteiger partial charge in [-0.05, 0) is 50.1 Å². The van der Waals surface area contributed by atoms with Gasteiger partial charge >= 0.3 is 0 Å². The topological polar surface area (TPSA) is 108 Å². The van der Waals surface area contributed by atoms with Gasteiger partial charge in [0.1, 0.15) is 5.82 Å². The van der Waals surface area contributed by atoms with Crippen LogP contribution in [-0.4, -0.2) is 49.2 Å². The molecule has 0 unspecified atom stereocenters. The zero-order valence-corrected chi connectivity index (χ0v) is 19.0. The summed E-state index contributed by atoms with van der Waals surface area (Å²) in [5.41, 5.74) is 3.39. The minimum absolute atomic E-state index is 0.0829. The van der Waals surface area contributed by atoms with Gasteiger partial charge in [0.25, 0.3) is 0 Å². The van der Waals surface area contributed by atoms with Crippen molar-refractivity contribution in [3.63, 3.8) is 0 Å². The van der Waals surface area contributed by atoms with Crippen LogP contribution in [0.3, 0.4) is 0 Å². The Labute approximate surface area is 190 Å². The molecule has 1 aromatic carbocycles. The van der Waals surface area contributed by atoms with E-state index in [1.54, 1.807) is 16.3 Å². The fourth-order valence-electron chi connectivity index (χ4n) is 4.23. The molecule has 4 aromatic rings. The first kappa shape index (κ1) is 20.9. The molecule has 4 heterocycles. The smallest absolute Gasteiger partial charge is 0.226 e. The van der Waals surface area contributed by atoms with Gasteiger partial charge in [0, 0.05) is 17.9 Å². The Hall–Kier alpha value is -3.95. The molecule has 1 amide bonds. The molecule has 3 aromatic heterocycles. The molecule has 10 nitrogen and oxygen atoms in total. The molecule has 0 aliphatic carbocycles. The van der Waals surface area contributed by atoms with Gasteiger partial charge in [0.15, 0.2) is 28.8 Å². The normalized spacial score (nSPS) is 15.4. The number of aromatic nitrogens is 6. The van der Waals surface area contributed by atoms with E-state index in [2.05, 4.69) is 27.5 Å². The largest absolute Gasteiger partial charge is 0.493 e. The molecule has 5 rings (SSSR count). The SMILES string of the molecule is CCCOc1ccc([C@@H]2CC(=O)Nc3c2c(C)nn3-c2ccc3nnc(C)n3n2)cc1OC. The standard InChI is InChI=1S/C23H25N7O3/c1-5-10-33-17-7-6-15(11-18(17)32-4)16-12-21(31)24-23-22(16)13(2)27-30(23)20-9-8-19-26-25-14(3)29(19)28-20/h6-9,11,16H,5,10,12H2,1-4H3,(H,24,31)/t16-/m0/s1. The average molecular weight is 447 g/mol. The predicted octanol–water partition coefficient (Wildman–Crippen LogP) is 3.20. The zero-order valence-electron chi connectivity index (χ0n) is 19.0. The number of amides is 1. The fourth-order valence-corrected chi connectivity index (χ4v) is 4.23. The van der Waals surface area contributed by atoms with Gasteiger partial charge < -0.3 is 14.8 Å². The van der Waals surface area contributed by atoms with Gasteiger partial charge in [-0.3, -0.25) is 4.79 Å². The number of rotatable bonds is 6. The minimum atomic E-state index is -0.169. The highest BCUT2D eigenvalue weighted by molar-refractivity contribution is 5.95. The predicted molar refractivity (Wildman–Crippen MR) is 121 cm³/mol. The molecule has 1 atom stereocenters. The summed E-state index contributed by atoms with van der Waals surface area (Å²) in [5.74, 6) is 2.95. The maximum atomic E-state index is 12.7. The first-order valence-electron chi connectivity index (χ1n) is 10.9. The van der Waals surface area contributed by atoms with Crippen LogP contribution >= 0.6 is 0 Å². The Balaban J connectivity index is 1.59. The highest BCUT2D eigenvalue weighted by atomic mass is 16.5. The lowest BCUT2D eigenvalue weighted by Gasteiger charge is -2.25. The van der Waals surface area contributed by atoms with Crippen LogP contribution in [0.15, 0.2) is 30.3 Å². The van der Waals surface area contributed by atoms with Gasteiger partial charge in [-0.25, -0.2) is 0 Å². The summed E-state index contributed by atoms with van der Waals surface area (Å²) in [6.45, 7) is 6.44. The number of ether oxygens (including phenoxy) is 2. The van der Waals surface area contributed by atoms with Crippen LogP contribution < -0.4 is 14.8 Å². The molecule has 0 spiro atoms. The van der Waals surface area contributed by atoms with Crippen molar-refractivity contribution in [3.8, 4) is 17.3 Å². The average Bonchev–Trinajstić information content (AvgIpc) is 3.36. The van der Waals surface area contributed by atoms with E-state index >= 15 is 0 Å². The van der Waals surface area contributed by atoms with Crippen molar-refractivity contribution < 1.29 is 14.3 Å². The first-order chi connectivity index (χ1) is 16.0. The molecule has 0 fully saturated rings. The van der Waals surface area contributed by atoms with Crippen molar-refractivity contribution in [2.75, 3.05) is 19.0 Å². The quantitative estimate of drug-likeness (QED) is 0.483. The van der Waals surface area contributed by atoms with Crippen molar-refractivity contribution in [1.29, 1.82) is 0 Å². The van der Waals surface area contributed by atoms with Gasteiger partial charge in [-0.2, -0.15) is 14.3 Å². The highest BCUT2D eigenvalue weighted by Crippen LogP contribution is 2.42. The van der Waals surface area contributed by atoms with Crippen LogP contribution in [0.4, 0.5) is 5.82 Å². The maximum absolute atomic E-state index is 12.7. The number of anilines is 1. The third-order valence-corrected chi connectivity index (χ3v) is 5.78. The van der Waals surface area contributed by atoms with E-state index < -0.39 is 0 Å². The van der Waals surface area contributed by atoms with Crippen LogP contribution in [0.2, 0.25) is 0 Å². The van der Waals surface area contributed by atoms with Crippen LogP contribution in [0.5, 0.6) is 11.5 Å². The zero-order chi connectivity index (χ0) is 23.1. The van der Waals surface area contributed by atoms with Crippen LogP contribution in [-0.2, 0) is 4.79 Å². The molecule has 1 N–H and O–H groups in total. The molecule has 0 saturated heterocycles. The first-order valence-corrected chi connectivity index (χ1v) is 10.9. The molecule has 0 bridgehead atoms. The Morgan fingerprint density at radius 1 is 1.12 bits per heavy atom. The second kappa shape index (κ2) is 8.19. The second-order valence-electron chi connectivity index (χ2n) is 8.03. The Morgan fingerprint density at radius 3 is 2.76 bits per heavy atom. The molecule has 0 radical (unpaired) electrons. The fraction of sp³-hybridized carbons (Fsp3) is 0.348. The third-order valence-electron chi connectivity index (χ3n) is 5.78. The number of aryl methyl sites for hydroxylation is 2. The number of fused-ring (bicyclic) bond motifs is 2. The van der Waals surface area contributed by atoms with E-state index in [0.29, 0.717) is 47.6 Å². The van der Waals surface area contributed by atoms with Crippen molar-refractivity contribution in [3.05, 3.63) is 53.0 Å². The van der Waals surface area contributed by atoms with Crippen LogP contribution in [0, 0.1) is 13.8 Å². The molecular weight excluding hydrogens is 422 g/mol. The number of hydrogen-bond acceptors (Lipinski definition) is 7. The van der Waals surface area contributed by atoms with Crippen molar-refractivity contribution >= 4 is 17.4 Å². The summed E-state index contributed by atoms with van der Waals surface area (Å²) in [6, 6.07) is 9.48. The van der Waals surface area contributed by atoms with Gasteiger partial charge in [0.05, 0.1) is 19.4 Å². The lowest BCUT2D eigenvalue weighted by Crippen LogP contribution is -2.25. The maximum Gasteiger partial charge on any atom is 0.226 e. The molecule has 1 aliphatic rings. The number of methoxy groups -OCH3 is 1. The van der Waals surface area contributed by atoms with Crippen molar-refractivity contribution in [1.82, 2.24) is 29.6 Å². The highest BCUT2D eigenvalue weighted by Gasteiger charge is 2.33. The second-order valence-corrected chi connectivity index (χ2v) is 8.03. The van der Waals surface area contributed by atoms with E-state index in [0.717, 1.165) is 23.2 Å². The number of carbonyl (C=O) groups excluding carboxylic acids is 1. The van der Waals surface area contributed by atoms with E-state index in [9.17, 15) is 4.79 Å². The number of benzene rings is 1. The number of hydrogen-bond donors (Lipinski definition) is 1. The third kappa shape index (κ3) is 3.57. The summed E-state index contributed by atoms with van der Waals surface area (Å²) in [5, 5.41) is 20.5. The van der Waals surface area contributed by atoms with Crippen molar-refractivity contribution in [2.24, 2.45) is 0 Å². The summed E-state index contributed by atoms with van der Waals surface area (Å²) in [4.78, 5) is 12.7. The molecule has 170 valence electrons. The molecular formula is C23H25N7O3. The summed E-state index contributed by atoms with van der Waals surface area (Å²) < 4.78 is 14.7. The number of nitrogens with one attached hydrogen (secondary N) is 1. The Kier molecular flexibility index (Phi) is 5.20. The van der Waals surface area contributed by atoms with Gasteiger partial charge in [-0.15, -0.1) is 15.3 Å². The lowest BCUT2D eigenvalue weighted by atomic mass is 9.85. The number of carbonyl (C=O) groups is 1. The summed E-state index contributed by atoms with van der Waals surface area (Å²) in [6.07, 6.45) is 1.22. The molecule has 0 saturated carbocycles. The van der Waals surface area contributed by atoms with E-state index in [1.165, 1.54) is 0 Å². The summed E-state index contributed by atoms with van der Waals surface area (Å²) in [7, 11) is 1.62. The monoisotopic (exact) mass is 447 g/mol. The van der Waals surface area contributed by atoms with Crippen LogP contribution in [0.1, 0.15) is 48.3 Å². The summed E-state index contributed by atoms with van der Waals surface area (Å²) >= 11 is 0. The van der Waals surface area contributed by atoms with Gasteiger partial charge in [0.2, 0.25) is 5.91 Å². The van der Waals surface area contributed by atoms with Crippen molar-refractivity contribution in [2.45, 2.75) is 39.5 Å². The molecule has 33 heavy (non-hydrogen) atoms. The van der Waals surface area contributed by atoms with E-state index in [1.807, 2.05) is 44.2 Å². The molecule has 10 heteroatoms. The minimum Gasteiger partial charge on any atom is -0.493 e.